The summed E-state index contributed by atoms with van der Waals surface area (Å²) < 4.78 is 1.20. The zero-order chi connectivity index (χ0) is 14.1. The zero-order valence-electron chi connectivity index (χ0n) is 12.1. The summed E-state index contributed by atoms with van der Waals surface area (Å²) in [6.45, 7) is 6.74. The van der Waals surface area contributed by atoms with E-state index in [0.29, 0.717) is 18.6 Å². The Morgan fingerprint density at radius 3 is 2.95 bits per heavy atom. The molecule has 2 fully saturated rings. The van der Waals surface area contributed by atoms with Crippen molar-refractivity contribution in [1.29, 1.82) is 0 Å². The predicted molar refractivity (Wildman–Crippen MR) is 89.2 cm³/mol. The maximum atomic E-state index is 6.11. The molecule has 0 spiro atoms. The van der Waals surface area contributed by atoms with Crippen LogP contribution >= 0.6 is 27.3 Å². The largest absolute Gasteiger partial charge is 0.329 e. The minimum absolute atomic E-state index is 0.380. The van der Waals surface area contributed by atoms with E-state index in [9.17, 15) is 0 Å². The average Bonchev–Trinajstić information content (AvgIpc) is 2.86. The maximum absolute atomic E-state index is 6.11. The standard InChI is InChI=1S/C15H24BrN3S/c1-11-9-18-7-3-2-4-12(18)10-19(11)13(8-17)14-5-6-15(16)20-14/h5-6,11-13H,2-4,7-10,17H2,1H3. The fourth-order valence-electron chi connectivity index (χ4n) is 3.73. The minimum atomic E-state index is 0.380. The highest BCUT2D eigenvalue weighted by Gasteiger charge is 2.36. The normalized spacial score (nSPS) is 30.1. The first-order chi connectivity index (χ1) is 9.69. The Labute approximate surface area is 134 Å². The lowest BCUT2D eigenvalue weighted by Gasteiger charge is -2.49. The fraction of sp³-hybridized carbons (Fsp3) is 0.733. The van der Waals surface area contributed by atoms with Crippen LogP contribution in [0.5, 0.6) is 0 Å². The smallest absolute Gasteiger partial charge is 0.0702 e. The van der Waals surface area contributed by atoms with Crippen LogP contribution in [0.15, 0.2) is 15.9 Å². The molecule has 0 aromatic carbocycles. The summed E-state index contributed by atoms with van der Waals surface area (Å²) in [7, 11) is 0. The lowest BCUT2D eigenvalue weighted by molar-refractivity contribution is -0.00592. The highest BCUT2D eigenvalue weighted by molar-refractivity contribution is 9.11. The molecule has 5 heteroatoms. The maximum Gasteiger partial charge on any atom is 0.0702 e. The van der Waals surface area contributed by atoms with Crippen LogP contribution in [0.3, 0.4) is 0 Å². The first-order valence-electron chi connectivity index (χ1n) is 7.64. The van der Waals surface area contributed by atoms with Crippen molar-refractivity contribution in [2.24, 2.45) is 5.73 Å². The quantitative estimate of drug-likeness (QED) is 0.901. The number of nitrogens with zero attached hydrogens (tertiary/aromatic N) is 2. The molecule has 20 heavy (non-hydrogen) atoms. The molecule has 2 saturated heterocycles. The van der Waals surface area contributed by atoms with Gasteiger partial charge >= 0.3 is 0 Å². The summed E-state index contributed by atoms with van der Waals surface area (Å²) in [6, 6.07) is 6.10. The number of rotatable bonds is 3. The second-order valence-corrected chi connectivity index (χ2v) is 8.58. The molecule has 112 valence electrons. The lowest BCUT2D eigenvalue weighted by Crippen LogP contribution is -2.59. The first kappa shape index (κ1) is 15.0. The number of halogens is 1. The van der Waals surface area contributed by atoms with E-state index in [1.807, 2.05) is 11.3 Å². The molecule has 2 aliphatic rings. The minimum Gasteiger partial charge on any atom is -0.329 e. The van der Waals surface area contributed by atoms with E-state index in [-0.39, 0.29) is 0 Å². The van der Waals surface area contributed by atoms with Gasteiger partial charge < -0.3 is 5.73 Å². The van der Waals surface area contributed by atoms with Gasteiger partial charge in [0.2, 0.25) is 0 Å². The molecule has 0 bridgehead atoms. The number of nitrogens with two attached hydrogens (primary N) is 1. The summed E-state index contributed by atoms with van der Waals surface area (Å²) in [5.74, 6) is 0. The van der Waals surface area contributed by atoms with Crippen LogP contribution in [0.25, 0.3) is 0 Å². The average molecular weight is 358 g/mol. The van der Waals surface area contributed by atoms with Crippen molar-refractivity contribution in [2.75, 3.05) is 26.2 Å². The zero-order valence-corrected chi connectivity index (χ0v) is 14.5. The van der Waals surface area contributed by atoms with Gasteiger partial charge in [-0.1, -0.05) is 6.42 Å². The van der Waals surface area contributed by atoms with Gasteiger partial charge in [-0.15, -0.1) is 11.3 Å². The van der Waals surface area contributed by atoms with E-state index >= 15 is 0 Å². The number of piperazine rings is 1. The molecule has 3 atom stereocenters. The molecular formula is C15H24BrN3S. The van der Waals surface area contributed by atoms with Gasteiger partial charge in [0.25, 0.3) is 0 Å². The summed E-state index contributed by atoms with van der Waals surface area (Å²) >= 11 is 5.40. The summed E-state index contributed by atoms with van der Waals surface area (Å²) in [4.78, 5) is 6.74. The Morgan fingerprint density at radius 2 is 2.25 bits per heavy atom. The van der Waals surface area contributed by atoms with Gasteiger partial charge in [0, 0.05) is 36.6 Å². The third kappa shape index (κ3) is 2.97. The lowest BCUT2D eigenvalue weighted by atomic mass is 9.95. The molecule has 2 aliphatic heterocycles. The fourth-order valence-corrected chi connectivity index (χ4v) is 5.29. The van der Waals surface area contributed by atoms with Crippen LogP contribution in [0.1, 0.15) is 37.1 Å². The van der Waals surface area contributed by atoms with Crippen LogP contribution in [0.4, 0.5) is 0 Å². The van der Waals surface area contributed by atoms with Gasteiger partial charge in [0.1, 0.15) is 0 Å². The molecule has 3 nitrogen and oxygen atoms in total. The molecule has 0 radical (unpaired) electrons. The summed E-state index contributed by atoms with van der Waals surface area (Å²) in [5.41, 5.74) is 6.11. The van der Waals surface area contributed by atoms with Crippen LogP contribution in [0, 0.1) is 0 Å². The third-order valence-corrected chi connectivity index (χ3v) is 6.51. The van der Waals surface area contributed by atoms with Crippen molar-refractivity contribution in [1.82, 2.24) is 9.80 Å². The van der Waals surface area contributed by atoms with Crippen molar-refractivity contribution in [3.8, 4) is 0 Å². The Balaban J connectivity index is 1.77. The topological polar surface area (TPSA) is 32.5 Å². The van der Waals surface area contributed by atoms with Crippen molar-refractivity contribution in [2.45, 2.75) is 44.3 Å². The highest BCUT2D eigenvalue weighted by atomic mass is 79.9. The molecule has 1 aromatic heterocycles. The van der Waals surface area contributed by atoms with Crippen molar-refractivity contribution < 1.29 is 0 Å². The Kier molecular flexibility index (Phi) is 4.82. The molecule has 1 aromatic rings. The molecule has 0 aliphatic carbocycles. The Hall–Kier alpha value is 0.0600. The van der Waals surface area contributed by atoms with Gasteiger partial charge in [-0.05, 0) is 54.4 Å². The van der Waals surface area contributed by atoms with E-state index in [1.54, 1.807) is 0 Å². The van der Waals surface area contributed by atoms with Crippen LogP contribution in [-0.4, -0.2) is 48.1 Å². The Morgan fingerprint density at radius 1 is 1.40 bits per heavy atom. The number of fused-ring (bicyclic) bond motifs is 1. The van der Waals surface area contributed by atoms with Gasteiger partial charge in [-0.3, -0.25) is 9.80 Å². The van der Waals surface area contributed by atoms with Crippen LogP contribution < -0.4 is 5.73 Å². The number of piperidine rings is 1. The molecule has 3 heterocycles. The molecular weight excluding hydrogens is 334 g/mol. The molecule has 0 amide bonds. The van der Waals surface area contributed by atoms with Gasteiger partial charge in [0.05, 0.1) is 9.83 Å². The summed E-state index contributed by atoms with van der Waals surface area (Å²) in [6.07, 6.45) is 4.12. The van der Waals surface area contributed by atoms with Crippen molar-refractivity contribution in [3.05, 3.63) is 20.8 Å². The SMILES string of the molecule is CC1CN2CCCCC2CN1C(CN)c1ccc(Br)s1. The molecule has 3 rings (SSSR count). The second-order valence-electron chi connectivity index (χ2n) is 6.08. The number of hydrogen-bond donors (Lipinski definition) is 1. The molecule has 3 unspecified atom stereocenters. The number of hydrogen-bond acceptors (Lipinski definition) is 4. The first-order valence-corrected chi connectivity index (χ1v) is 9.25. The van der Waals surface area contributed by atoms with E-state index in [0.717, 1.165) is 6.04 Å². The van der Waals surface area contributed by atoms with Gasteiger partial charge in [-0.2, -0.15) is 0 Å². The Bertz CT molecular complexity index is 450. The third-order valence-electron chi connectivity index (χ3n) is 4.78. The van der Waals surface area contributed by atoms with Crippen LogP contribution in [-0.2, 0) is 0 Å². The van der Waals surface area contributed by atoms with Crippen molar-refractivity contribution >= 4 is 27.3 Å². The van der Waals surface area contributed by atoms with Gasteiger partial charge in [-0.25, -0.2) is 0 Å². The molecule has 2 N–H and O–H groups in total. The van der Waals surface area contributed by atoms with E-state index in [4.69, 9.17) is 5.73 Å². The highest BCUT2D eigenvalue weighted by Crippen LogP contribution is 2.34. The van der Waals surface area contributed by atoms with E-state index in [2.05, 4.69) is 44.8 Å². The second kappa shape index (κ2) is 6.44. The number of thiophene rings is 1. The van der Waals surface area contributed by atoms with Crippen LogP contribution in [0.2, 0.25) is 0 Å². The summed E-state index contributed by atoms with van der Waals surface area (Å²) in [5, 5.41) is 0. The van der Waals surface area contributed by atoms with E-state index < -0.39 is 0 Å². The monoisotopic (exact) mass is 357 g/mol. The molecule has 0 saturated carbocycles. The van der Waals surface area contributed by atoms with Crippen molar-refractivity contribution in [3.63, 3.8) is 0 Å². The van der Waals surface area contributed by atoms with Gasteiger partial charge in [0.15, 0.2) is 0 Å². The predicted octanol–water partition coefficient (Wildman–Crippen LogP) is 3.07. The van der Waals surface area contributed by atoms with E-state index in [1.165, 1.54) is 47.6 Å².